The van der Waals surface area contributed by atoms with Crippen LogP contribution in [0.15, 0.2) is 42.5 Å². The van der Waals surface area contributed by atoms with Gasteiger partial charge in [-0.15, -0.1) is 0 Å². The van der Waals surface area contributed by atoms with Crippen molar-refractivity contribution >= 4 is 11.8 Å². The number of rotatable bonds is 5. The minimum Gasteiger partial charge on any atom is -0.497 e. The molecule has 2 heterocycles. The number of nitrogens with zero attached hydrogens (tertiary/aromatic N) is 2. The standard InChI is InChI=1S/C24H27FN2O5/c1-30-19-7-8-20(21(13-19)31-2)23(29)26-11-9-22(28)27(24(15-26)10-12-32-16-24)14-17-3-5-18(25)6-4-17/h3-8,13H,9-12,14-16H2,1-2H3. The molecule has 0 radical (unpaired) electrons. The molecular weight excluding hydrogens is 415 g/mol. The van der Waals surface area contributed by atoms with Crippen LogP contribution >= 0.6 is 0 Å². The Kier molecular flexibility index (Phi) is 6.32. The van der Waals surface area contributed by atoms with Gasteiger partial charge in [-0.3, -0.25) is 9.59 Å². The van der Waals surface area contributed by atoms with Crippen molar-refractivity contribution in [2.45, 2.75) is 24.9 Å². The van der Waals surface area contributed by atoms with Crippen LogP contribution in [0.2, 0.25) is 0 Å². The summed E-state index contributed by atoms with van der Waals surface area (Å²) >= 11 is 0. The second-order valence-corrected chi connectivity index (χ2v) is 8.18. The summed E-state index contributed by atoms with van der Waals surface area (Å²) in [6, 6.07) is 11.2. The number of hydrogen-bond acceptors (Lipinski definition) is 5. The maximum Gasteiger partial charge on any atom is 0.257 e. The lowest BCUT2D eigenvalue weighted by Crippen LogP contribution is -2.56. The molecule has 8 heteroatoms. The van der Waals surface area contributed by atoms with Crippen LogP contribution in [0.1, 0.15) is 28.8 Å². The number of halogens is 1. The summed E-state index contributed by atoms with van der Waals surface area (Å²) in [6.07, 6.45) is 0.830. The predicted octanol–water partition coefficient (Wildman–Crippen LogP) is 2.88. The van der Waals surface area contributed by atoms with E-state index in [-0.39, 0.29) is 24.1 Å². The Hall–Kier alpha value is -3.13. The van der Waals surface area contributed by atoms with E-state index in [1.165, 1.54) is 19.2 Å². The first-order valence-electron chi connectivity index (χ1n) is 10.6. The average Bonchev–Trinajstić information content (AvgIpc) is 3.24. The molecule has 1 spiro atoms. The summed E-state index contributed by atoms with van der Waals surface area (Å²) in [5.74, 6) is 0.449. The Morgan fingerprint density at radius 1 is 1.16 bits per heavy atom. The third kappa shape index (κ3) is 4.27. The number of ether oxygens (including phenoxy) is 3. The highest BCUT2D eigenvalue weighted by molar-refractivity contribution is 5.97. The highest BCUT2D eigenvalue weighted by Crippen LogP contribution is 2.34. The Balaban J connectivity index is 1.63. The van der Waals surface area contributed by atoms with E-state index in [1.807, 2.05) is 4.90 Å². The van der Waals surface area contributed by atoms with Crippen molar-refractivity contribution in [2.75, 3.05) is 40.5 Å². The normalized spacial score (nSPS) is 21.0. The molecule has 2 aromatic rings. The molecular formula is C24H27FN2O5. The summed E-state index contributed by atoms with van der Waals surface area (Å²) in [6.45, 7) is 1.86. The maximum atomic E-state index is 13.5. The molecule has 170 valence electrons. The van der Waals surface area contributed by atoms with Crippen LogP contribution in [0.5, 0.6) is 11.5 Å². The lowest BCUT2D eigenvalue weighted by Gasteiger charge is -2.40. The first-order chi connectivity index (χ1) is 15.5. The first kappa shape index (κ1) is 22.1. The Bertz CT molecular complexity index is 988. The van der Waals surface area contributed by atoms with Crippen LogP contribution in [-0.4, -0.2) is 67.7 Å². The van der Waals surface area contributed by atoms with Crippen LogP contribution in [0.25, 0.3) is 0 Å². The topological polar surface area (TPSA) is 68.3 Å². The molecule has 2 aliphatic heterocycles. The van der Waals surface area contributed by atoms with Gasteiger partial charge in [0.1, 0.15) is 17.3 Å². The van der Waals surface area contributed by atoms with E-state index in [4.69, 9.17) is 14.2 Å². The van der Waals surface area contributed by atoms with Crippen molar-refractivity contribution in [2.24, 2.45) is 0 Å². The molecule has 2 fully saturated rings. The number of hydrogen-bond donors (Lipinski definition) is 0. The van der Waals surface area contributed by atoms with E-state index in [2.05, 4.69) is 0 Å². The fraction of sp³-hybridized carbons (Fsp3) is 0.417. The molecule has 2 saturated heterocycles. The summed E-state index contributed by atoms with van der Waals surface area (Å²) in [7, 11) is 3.06. The minimum atomic E-state index is -0.628. The van der Waals surface area contributed by atoms with E-state index < -0.39 is 5.54 Å². The molecule has 32 heavy (non-hydrogen) atoms. The molecule has 0 N–H and O–H groups in total. The van der Waals surface area contributed by atoms with Gasteiger partial charge in [0.2, 0.25) is 5.91 Å². The molecule has 1 unspecified atom stereocenters. The zero-order chi connectivity index (χ0) is 22.7. The van der Waals surface area contributed by atoms with Crippen molar-refractivity contribution in [3.8, 4) is 11.5 Å². The van der Waals surface area contributed by atoms with Gasteiger partial charge >= 0.3 is 0 Å². The van der Waals surface area contributed by atoms with Gasteiger partial charge in [-0.2, -0.15) is 0 Å². The van der Waals surface area contributed by atoms with Crippen LogP contribution in [0.4, 0.5) is 4.39 Å². The fourth-order valence-electron chi connectivity index (χ4n) is 4.43. The zero-order valence-corrected chi connectivity index (χ0v) is 18.3. The SMILES string of the molecule is COc1ccc(C(=O)N2CCC(=O)N(Cc3ccc(F)cc3)C3(CCOC3)C2)c(OC)c1. The molecule has 2 aliphatic rings. The zero-order valence-electron chi connectivity index (χ0n) is 18.3. The molecule has 1 atom stereocenters. The fourth-order valence-corrected chi connectivity index (χ4v) is 4.43. The average molecular weight is 442 g/mol. The van der Waals surface area contributed by atoms with Gasteiger partial charge in [0, 0.05) is 38.7 Å². The lowest BCUT2D eigenvalue weighted by molar-refractivity contribution is -0.137. The molecule has 4 rings (SSSR count). The summed E-state index contributed by atoms with van der Waals surface area (Å²) in [5.41, 5.74) is 0.626. The van der Waals surface area contributed by atoms with E-state index in [0.717, 1.165) is 5.56 Å². The highest BCUT2D eigenvalue weighted by Gasteiger charge is 2.47. The third-order valence-corrected chi connectivity index (χ3v) is 6.22. The second kappa shape index (κ2) is 9.16. The third-order valence-electron chi connectivity index (χ3n) is 6.22. The van der Waals surface area contributed by atoms with Crippen molar-refractivity contribution in [3.63, 3.8) is 0 Å². The first-order valence-corrected chi connectivity index (χ1v) is 10.6. The molecule has 2 aromatic carbocycles. The quantitative estimate of drug-likeness (QED) is 0.712. The van der Waals surface area contributed by atoms with Gasteiger partial charge in [-0.25, -0.2) is 4.39 Å². The van der Waals surface area contributed by atoms with Gasteiger partial charge in [0.05, 0.1) is 31.9 Å². The van der Waals surface area contributed by atoms with E-state index in [0.29, 0.717) is 56.3 Å². The van der Waals surface area contributed by atoms with Crippen LogP contribution < -0.4 is 9.47 Å². The van der Waals surface area contributed by atoms with Crippen molar-refractivity contribution in [3.05, 3.63) is 59.4 Å². The highest BCUT2D eigenvalue weighted by atomic mass is 19.1. The van der Waals surface area contributed by atoms with E-state index in [9.17, 15) is 14.0 Å². The van der Waals surface area contributed by atoms with Crippen LogP contribution in [-0.2, 0) is 16.1 Å². The summed E-state index contributed by atoms with van der Waals surface area (Å²) in [4.78, 5) is 30.2. The van der Waals surface area contributed by atoms with Gasteiger partial charge in [-0.1, -0.05) is 12.1 Å². The molecule has 0 bridgehead atoms. The summed E-state index contributed by atoms with van der Waals surface area (Å²) < 4.78 is 29.7. The Labute approximate surface area is 186 Å². The number of benzene rings is 2. The Morgan fingerprint density at radius 2 is 1.94 bits per heavy atom. The van der Waals surface area contributed by atoms with Crippen molar-refractivity contribution in [1.82, 2.24) is 9.80 Å². The van der Waals surface area contributed by atoms with Gasteiger partial charge in [-0.05, 0) is 36.2 Å². The minimum absolute atomic E-state index is 0.0446. The van der Waals surface area contributed by atoms with Crippen LogP contribution in [0.3, 0.4) is 0 Å². The van der Waals surface area contributed by atoms with Crippen molar-refractivity contribution in [1.29, 1.82) is 0 Å². The number of carbonyl (C=O) groups is 2. The maximum absolute atomic E-state index is 13.5. The number of amides is 2. The second-order valence-electron chi connectivity index (χ2n) is 8.18. The van der Waals surface area contributed by atoms with E-state index in [1.54, 1.807) is 42.3 Å². The molecule has 0 aromatic heterocycles. The smallest absolute Gasteiger partial charge is 0.257 e. The largest absolute Gasteiger partial charge is 0.497 e. The lowest BCUT2D eigenvalue weighted by atomic mass is 9.94. The van der Waals surface area contributed by atoms with Crippen molar-refractivity contribution < 1.29 is 28.2 Å². The number of methoxy groups -OCH3 is 2. The monoisotopic (exact) mass is 442 g/mol. The molecule has 7 nitrogen and oxygen atoms in total. The van der Waals surface area contributed by atoms with E-state index >= 15 is 0 Å². The molecule has 0 saturated carbocycles. The van der Waals surface area contributed by atoms with Crippen LogP contribution in [0, 0.1) is 5.82 Å². The van der Waals surface area contributed by atoms with Gasteiger partial charge in [0.15, 0.2) is 0 Å². The number of carbonyl (C=O) groups excluding carboxylic acids is 2. The van der Waals surface area contributed by atoms with Gasteiger partial charge in [0.25, 0.3) is 5.91 Å². The summed E-state index contributed by atoms with van der Waals surface area (Å²) in [5, 5.41) is 0. The molecule has 0 aliphatic carbocycles. The van der Waals surface area contributed by atoms with Gasteiger partial charge < -0.3 is 24.0 Å². The molecule has 2 amide bonds. The Morgan fingerprint density at radius 3 is 2.59 bits per heavy atom. The predicted molar refractivity (Wildman–Crippen MR) is 115 cm³/mol.